The lowest BCUT2D eigenvalue weighted by Gasteiger charge is -2.20. The van der Waals surface area contributed by atoms with Gasteiger partial charge in [-0.25, -0.2) is 0 Å². The summed E-state index contributed by atoms with van der Waals surface area (Å²) in [5.41, 5.74) is 6.01. The molecule has 2 atom stereocenters. The normalized spacial score (nSPS) is 42.0. The molecule has 2 N–H and O–H groups in total. The minimum Gasteiger partial charge on any atom is -0.327 e. The number of hydrogen-bond donors (Lipinski definition) is 1. The third kappa shape index (κ3) is 1.31. The van der Waals surface area contributed by atoms with E-state index in [4.69, 9.17) is 5.73 Å². The van der Waals surface area contributed by atoms with Crippen molar-refractivity contribution >= 4 is 11.8 Å². The maximum atomic E-state index is 6.01. The average molecular weight is 171 g/mol. The van der Waals surface area contributed by atoms with Gasteiger partial charge in [0, 0.05) is 16.0 Å². The van der Waals surface area contributed by atoms with Gasteiger partial charge in [-0.15, -0.1) is 0 Å². The second-order valence-corrected chi connectivity index (χ2v) is 5.93. The van der Waals surface area contributed by atoms with Crippen molar-refractivity contribution in [3.63, 3.8) is 0 Å². The Morgan fingerprint density at radius 2 is 2.00 bits per heavy atom. The van der Waals surface area contributed by atoms with Crippen molar-refractivity contribution < 1.29 is 0 Å². The molecule has 64 valence electrons. The van der Waals surface area contributed by atoms with E-state index < -0.39 is 0 Å². The summed E-state index contributed by atoms with van der Waals surface area (Å²) in [6, 6.07) is 0.470. The minimum absolute atomic E-state index is 0.470. The topological polar surface area (TPSA) is 26.0 Å². The number of thioether (sulfide) groups is 1. The van der Waals surface area contributed by atoms with Crippen molar-refractivity contribution in [2.75, 3.05) is 0 Å². The van der Waals surface area contributed by atoms with Crippen molar-refractivity contribution in [2.24, 2.45) is 5.73 Å². The first kappa shape index (κ1) is 7.93. The van der Waals surface area contributed by atoms with Crippen LogP contribution in [0.4, 0.5) is 0 Å². The van der Waals surface area contributed by atoms with Crippen LogP contribution < -0.4 is 5.73 Å². The molecular formula is C9H17NS. The lowest BCUT2D eigenvalue weighted by atomic mass is 9.97. The second kappa shape index (κ2) is 2.67. The maximum absolute atomic E-state index is 6.01. The predicted molar refractivity (Wildman–Crippen MR) is 50.8 cm³/mol. The second-order valence-electron chi connectivity index (χ2n) is 4.08. The Morgan fingerprint density at radius 3 is 2.45 bits per heavy atom. The first-order valence-corrected chi connectivity index (χ1v) is 5.53. The van der Waals surface area contributed by atoms with Gasteiger partial charge in [-0.2, -0.15) is 11.8 Å². The van der Waals surface area contributed by atoms with Crippen LogP contribution in [0.3, 0.4) is 0 Å². The fraction of sp³-hybridized carbons (Fsp3) is 1.00. The van der Waals surface area contributed by atoms with E-state index >= 15 is 0 Å². The summed E-state index contributed by atoms with van der Waals surface area (Å²) in [6.45, 7) is 2.28. The van der Waals surface area contributed by atoms with E-state index in [1.807, 2.05) is 0 Å². The van der Waals surface area contributed by atoms with Crippen molar-refractivity contribution in [3.05, 3.63) is 0 Å². The number of nitrogens with two attached hydrogens (primary N) is 1. The van der Waals surface area contributed by atoms with E-state index in [9.17, 15) is 0 Å². The van der Waals surface area contributed by atoms with Crippen LogP contribution >= 0.6 is 11.8 Å². The van der Waals surface area contributed by atoms with E-state index in [0.717, 1.165) is 0 Å². The van der Waals surface area contributed by atoms with Crippen molar-refractivity contribution in [3.8, 4) is 0 Å². The van der Waals surface area contributed by atoms with Crippen LogP contribution in [0.1, 0.15) is 39.0 Å². The summed E-state index contributed by atoms with van der Waals surface area (Å²) < 4.78 is 0.624. The molecule has 1 heterocycles. The zero-order valence-electron chi connectivity index (χ0n) is 7.18. The van der Waals surface area contributed by atoms with Gasteiger partial charge in [0.15, 0.2) is 0 Å². The molecule has 0 radical (unpaired) electrons. The Morgan fingerprint density at radius 1 is 1.36 bits per heavy atom. The molecular weight excluding hydrogens is 154 g/mol. The molecule has 1 saturated heterocycles. The maximum Gasteiger partial charge on any atom is 0.0178 e. The molecule has 1 saturated carbocycles. The first-order chi connectivity index (χ1) is 5.22. The van der Waals surface area contributed by atoms with Gasteiger partial charge in [0.1, 0.15) is 0 Å². The van der Waals surface area contributed by atoms with Gasteiger partial charge in [-0.05, 0) is 19.3 Å². The highest BCUT2D eigenvalue weighted by Crippen LogP contribution is 2.52. The quantitative estimate of drug-likeness (QED) is 0.604. The zero-order valence-corrected chi connectivity index (χ0v) is 7.99. The van der Waals surface area contributed by atoms with Gasteiger partial charge in [-0.1, -0.05) is 19.8 Å². The predicted octanol–water partition coefficient (Wildman–Crippen LogP) is 2.15. The zero-order chi connectivity index (χ0) is 7.90. The van der Waals surface area contributed by atoms with Gasteiger partial charge in [0.25, 0.3) is 0 Å². The molecule has 1 spiro atoms. The molecule has 1 aliphatic carbocycles. The van der Waals surface area contributed by atoms with Gasteiger partial charge >= 0.3 is 0 Å². The summed E-state index contributed by atoms with van der Waals surface area (Å²) in [7, 11) is 0. The fourth-order valence-electron chi connectivity index (χ4n) is 2.47. The Kier molecular flexibility index (Phi) is 1.92. The lowest BCUT2D eigenvalue weighted by molar-refractivity contribution is 0.519. The van der Waals surface area contributed by atoms with Crippen LogP contribution in [0, 0.1) is 0 Å². The highest BCUT2D eigenvalue weighted by atomic mass is 32.2. The van der Waals surface area contributed by atoms with Crippen molar-refractivity contribution in [2.45, 2.75) is 55.1 Å². The van der Waals surface area contributed by atoms with E-state index in [-0.39, 0.29) is 0 Å². The van der Waals surface area contributed by atoms with E-state index in [1.165, 1.54) is 32.1 Å². The molecule has 1 aliphatic heterocycles. The van der Waals surface area contributed by atoms with Gasteiger partial charge < -0.3 is 5.73 Å². The molecule has 1 nitrogen and oxygen atoms in total. The SMILES string of the molecule is CC1SC2(CCCC2)CC1N. The Hall–Kier alpha value is 0.310. The third-order valence-electron chi connectivity index (χ3n) is 3.16. The molecule has 0 aromatic heterocycles. The van der Waals surface area contributed by atoms with Crippen molar-refractivity contribution in [1.82, 2.24) is 0 Å². The van der Waals surface area contributed by atoms with Crippen LogP contribution in [0.25, 0.3) is 0 Å². The summed E-state index contributed by atoms with van der Waals surface area (Å²) in [6.07, 6.45) is 7.00. The van der Waals surface area contributed by atoms with Gasteiger partial charge in [-0.3, -0.25) is 0 Å². The van der Waals surface area contributed by atoms with Crippen LogP contribution in [-0.2, 0) is 0 Å². The standard InChI is InChI=1S/C9H17NS/c1-7-8(10)6-9(11-7)4-2-3-5-9/h7-8H,2-6,10H2,1H3. The third-order valence-corrected chi connectivity index (χ3v) is 4.96. The first-order valence-electron chi connectivity index (χ1n) is 4.65. The monoisotopic (exact) mass is 171 g/mol. The molecule has 2 fully saturated rings. The summed E-state index contributed by atoms with van der Waals surface area (Å²) >= 11 is 2.16. The molecule has 11 heavy (non-hydrogen) atoms. The Balaban J connectivity index is 2.06. The highest BCUT2D eigenvalue weighted by Gasteiger charge is 2.44. The minimum atomic E-state index is 0.470. The fourth-order valence-corrected chi connectivity index (χ4v) is 4.34. The smallest absolute Gasteiger partial charge is 0.0178 e. The molecule has 2 unspecified atom stereocenters. The highest BCUT2D eigenvalue weighted by molar-refractivity contribution is 8.01. The largest absolute Gasteiger partial charge is 0.327 e. The Bertz CT molecular complexity index is 140. The van der Waals surface area contributed by atoms with Crippen LogP contribution in [-0.4, -0.2) is 16.0 Å². The molecule has 0 bridgehead atoms. The summed E-state index contributed by atoms with van der Waals surface area (Å²) in [5.74, 6) is 0. The summed E-state index contributed by atoms with van der Waals surface area (Å²) in [5, 5.41) is 0.702. The molecule has 2 rings (SSSR count). The van der Waals surface area contributed by atoms with Crippen LogP contribution in [0.2, 0.25) is 0 Å². The van der Waals surface area contributed by atoms with E-state index in [0.29, 0.717) is 16.0 Å². The van der Waals surface area contributed by atoms with E-state index in [1.54, 1.807) is 0 Å². The average Bonchev–Trinajstić information content (AvgIpc) is 2.46. The molecule has 0 aromatic rings. The van der Waals surface area contributed by atoms with E-state index in [2.05, 4.69) is 18.7 Å². The molecule has 0 aromatic carbocycles. The molecule has 2 heteroatoms. The van der Waals surface area contributed by atoms with Crippen LogP contribution in [0.15, 0.2) is 0 Å². The van der Waals surface area contributed by atoms with Crippen LogP contribution in [0.5, 0.6) is 0 Å². The van der Waals surface area contributed by atoms with Crippen molar-refractivity contribution in [1.29, 1.82) is 0 Å². The van der Waals surface area contributed by atoms with Gasteiger partial charge in [0.2, 0.25) is 0 Å². The number of rotatable bonds is 0. The molecule has 0 amide bonds. The van der Waals surface area contributed by atoms with Gasteiger partial charge in [0.05, 0.1) is 0 Å². The molecule has 2 aliphatic rings. The summed E-state index contributed by atoms with van der Waals surface area (Å²) in [4.78, 5) is 0. The Labute approximate surface area is 73.1 Å². The lowest BCUT2D eigenvalue weighted by Crippen LogP contribution is -2.27. The number of hydrogen-bond acceptors (Lipinski definition) is 2.